The maximum absolute atomic E-state index is 11.0. The van der Waals surface area contributed by atoms with Crippen LogP contribution in [0, 0.1) is 0 Å². The largest absolute Gasteiger partial charge is 0.478 e. The van der Waals surface area contributed by atoms with Crippen molar-refractivity contribution in [3.8, 4) is 10.6 Å². The van der Waals surface area contributed by atoms with Crippen LogP contribution in [-0.4, -0.2) is 16.1 Å². The maximum Gasteiger partial charge on any atom is 0.335 e. The number of hydrogen-bond acceptors (Lipinski definition) is 3. The third-order valence-corrected chi connectivity index (χ3v) is 4.96. The van der Waals surface area contributed by atoms with E-state index in [4.69, 9.17) is 28.3 Å². The van der Waals surface area contributed by atoms with Gasteiger partial charge in [-0.25, -0.2) is 9.78 Å². The zero-order valence-electron chi connectivity index (χ0n) is 11.8. The first-order chi connectivity index (χ1) is 11.0. The van der Waals surface area contributed by atoms with Crippen molar-refractivity contribution >= 4 is 40.5 Å². The number of carbonyl (C=O) groups is 1. The fraction of sp³-hybridized carbons (Fsp3) is 0.0588. The molecule has 3 rings (SSSR count). The summed E-state index contributed by atoms with van der Waals surface area (Å²) in [5, 5.41) is 12.9. The molecule has 0 radical (unpaired) electrons. The van der Waals surface area contributed by atoms with Crippen molar-refractivity contribution in [2.24, 2.45) is 0 Å². The molecular formula is C17H11Cl2NO2S. The lowest BCUT2D eigenvalue weighted by atomic mass is 10.1. The first-order valence-electron chi connectivity index (χ1n) is 6.75. The molecule has 1 N–H and O–H groups in total. The van der Waals surface area contributed by atoms with Gasteiger partial charge in [-0.05, 0) is 29.8 Å². The molecule has 2 aromatic carbocycles. The van der Waals surface area contributed by atoms with Crippen LogP contribution in [-0.2, 0) is 6.42 Å². The molecule has 0 unspecified atom stereocenters. The molecule has 1 aromatic heterocycles. The average molecular weight is 364 g/mol. The highest BCUT2D eigenvalue weighted by Crippen LogP contribution is 2.27. The van der Waals surface area contributed by atoms with E-state index in [1.807, 2.05) is 23.6 Å². The van der Waals surface area contributed by atoms with Crippen LogP contribution in [0.2, 0.25) is 10.0 Å². The van der Waals surface area contributed by atoms with Crippen LogP contribution < -0.4 is 0 Å². The molecule has 116 valence electrons. The van der Waals surface area contributed by atoms with Gasteiger partial charge in [-0.1, -0.05) is 41.4 Å². The summed E-state index contributed by atoms with van der Waals surface area (Å²) >= 11 is 13.4. The van der Waals surface area contributed by atoms with Gasteiger partial charge in [0.15, 0.2) is 0 Å². The Kier molecular flexibility index (Phi) is 4.66. The zero-order valence-corrected chi connectivity index (χ0v) is 14.1. The molecule has 0 spiro atoms. The molecule has 0 atom stereocenters. The van der Waals surface area contributed by atoms with Gasteiger partial charge < -0.3 is 5.11 Å². The zero-order chi connectivity index (χ0) is 16.4. The molecule has 0 amide bonds. The Labute approximate surface area is 147 Å². The predicted octanol–water partition coefficient (Wildman–Crippen LogP) is 5.41. The molecule has 3 nitrogen and oxygen atoms in total. The van der Waals surface area contributed by atoms with Gasteiger partial charge in [0.05, 0.1) is 21.3 Å². The molecule has 0 fully saturated rings. The summed E-state index contributed by atoms with van der Waals surface area (Å²) in [5.41, 5.74) is 2.98. The predicted molar refractivity (Wildman–Crippen MR) is 93.8 cm³/mol. The van der Waals surface area contributed by atoms with Crippen LogP contribution in [0.4, 0.5) is 0 Å². The van der Waals surface area contributed by atoms with Gasteiger partial charge in [0.1, 0.15) is 5.01 Å². The summed E-state index contributed by atoms with van der Waals surface area (Å²) in [4.78, 5) is 15.6. The smallest absolute Gasteiger partial charge is 0.335 e. The lowest BCUT2D eigenvalue weighted by Gasteiger charge is -2.01. The minimum absolute atomic E-state index is 0.253. The Morgan fingerprint density at radius 1 is 1.13 bits per heavy atom. The highest BCUT2D eigenvalue weighted by molar-refractivity contribution is 7.13. The fourth-order valence-corrected chi connectivity index (χ4v) is 3.30. The van der Waals surface area contributed by atoms with Gasteiger partial charge >= 0.3 is 5.97 Å². The Morgan fingerprint density at radius 3 is 2.70 bits per heavy atom. The van der Waals surface area contributed by atoms with Crippen molar-refractivity contribution < 1.29 is 9.90 Å². The maximum atomic E-state index is 11.0. The summed E-state index contributed by atoms with van der Waals surface area (Å²) in [6, 6.07) is 12.3. The van der Waals surface area contributed by atoms with Crippen LogP contribution >= 0.6 is 34.5 Å². The van der Waals surface area contributed by atoms with E-state index in [-0.39, 0.29) is 5.56 Å². The lowest BCUT2D eigenvalue weighted by Crippen LogP contribution is -1.95. The molecule has 0 saturated carbocycles. The second-order valence-electron chi connectivity index (χ2n) is 4.96. The third kappa shape index (κ3) is 3.72. The minimum Gasteiger partial charge on any atom is -0.478 e. The number of carboxylic acids is 1. The van der Waals surface area contributed by atoms with E-state index in [0.29, 0.717) is 16.5 Å². The van der Waals surface area contributed by atoms with Gasteiger partial charge in [0.2, 0.25) is 0 Å². The molecule has 0 aliphatic heterocycles. The highest BCUT2D eigenvalue weighted by atomic mass is 35.5. The van der Waals surface area contributed by atoms with E-state index in [9.17, 15) is 4.79 Å². The Hall–Kier alpha value is -1.88. The van der Waals surface area contributed by atoms with Crippen LogP contribution in [0.5, 0.6) is 0 Å². The van der Waals surface area contributed by atoms with Gasteiger partial charge in [-0.3, -0.25) is 0 Å². The molecule has 1 heterocycles. The molecule has 3 aromatic rings. The van der Waals surface area contributed by atoms with E-state index in [2.05, 4.69) is 4.98 Å². The van der Waals surface area contributed by atoms with Gasteiger partial charge in [0, 0.05) is 17.4 Å². The Balaban J connectivity index is 1.84. The van der Waals surface area contributed by atoms with E-state index >= 15 is 0 Å². The number of hydrogen-bond donors (Lipinski definition) is 1. The molecule has 0 aliphatic carbocycles. The molecular weight excluding hydrogens is 353 g/mol. The number of carboxylic acid groups (broad SMARTS) is 1. The molecule has 23 heavy (non-hydrogen) atoms. The van der Waals surface area contributed by atoms with Crippen molar-refractivity contribution in [1.82, 2.24) is 4.98 Å². The van der Waals surface area contributed by atoms with Crippen molar-refractivity contribution in [3.63, 3.8) is 0 Å². The van der Waals surface area contributed by atoms with Gasteiger partial charge in [0.25, 0.3) is 0 Å². The first-order valence-corrected chi connectivity index (χ1v) is 8.38. The summed E-state index contributed by atoms with van der Waals surface area (Å²) in [5.74, 6) is -0.945. The minimum atomic E-state index is -0.945. The van der Waals surface area contributed by atoms with E-state index in [1.54, 1.807) is 24.3 Å². The SMILES string of the molecule is O=C(O)c1cccc(-c2nc(Cc3ccc(Cl)c(Cl)c3)cs2)c1. The van der Waals surface area contributed by atoms with Gasteiger partial charge in [-0.15, -0.1) is 11.3 Å². The summed E-state index contributed by atoms with van der Waals surface area (Å²) in [6.07, 6.45) is 0.645. The van der Waals surface area contributed by atoms with Gasteiger partial charge in [-0.2, -0.15) is 0 Å². The third-order valence-electron chi connectivity index (χ3n) is 3.28. The molecule has 0 saturated heterocycles. The molecule has 0 aliphatic rings. The molecule has 6 heteroatoms. The monoisotopic (exact) mass is 363 g/mol. The van der Waals surface area contributed by atoms with E-state index in [1.165, 1.54) is 11.3 Å². The second kappa shape index (κ2) is 6.71. The quantitative estimate of drug-likeness (QED) is 0.674. The number of aromatic nitrogens is 1. The number of rotatable bonds is 4. The lowest BCUT2D eigenvalue weighted by molar-refractivity contribution is 0.0697. The fourth-order valence-electron chi connectivity index (χ4n) is 2.16. The normalized spacial score (nSPS) is 10.7. The van der Waals surface area contributed by atoms with Crippen LogP contribution in [0.15, 0.2) is 47.8 Å². The number of halogens is 2. The number of thiazole rings is 1. The second-order valence-corrected chi connectivity index (χ2v) is 6.63. The van der Waals surface area contributed by atoms with Crippen molar-refractivity contribution in [2.75, 3.05) is 0 Å². The average Bonchev–Trinajstić information content (AvgIpc) is 2.99. The van der Waals surface area contributed by atoms with Crippen LogP contribution in [0.25, 0.3) is 10.6 Å². The summed E-state index contributed by atoms with van der Waals surface area (Å²) < 4.78 is 0. The number of nitrogens with zero attached hydrogens (tertiary/aromatic N) is 1. The number of benzene rings is 2. The Bertz CT molecular complexity index is 877. The van der Waals surface area contributed by atoms with E-state index in [0.717, 1.165) is 21.8 Å². The first kappa shape index (κ1) is 16.0. The highest BCUT2D eigenvalue weighted by Gasteiger charge is 2.09. The Morgan fingerprint density at radius 2 is 1.96 bits per heavy atom. The topological polar surface area (TPSA) is 50.2 Å². The van der Waals surface area contributed by atoms with Crippen molar-refractivity contribution in [2.45, 2.75) is 6.42 Å². The standard InChI is InChI=1S/C17H11Cl2NO2S/c18-14-5-4-10(7-15(14)19)6-13-9-23-16(20-13)11-2-1-3-12(8-11)17(21)22/h1-5,7-9H,6H2,(H,21,22). The van der Waals surface area contributed by atoms with Crippen LogP contribution in [0.3, 0.4) is 0 Å². The van der Waals surface area contributed by atoms with Crippen LogP contribution in [0.1, 0.15) is 21.6 Å². The van der Waals surface area contributed by atoms with Crippen molar-refractivity contribution in [3.05, 3.63) is 74.7 Å². The molecule has 0 bridgehead atoms. The van der Waals surface area contributed by atoms with Crippen molar-refractivity contribution in [1.29, 1.82) is 0 Å². The van der Waals surface area contributed by atoms with E-state index < -0.39 is 5.97 Å². The number of aromatic carboxylic acids is 1. The summed E-state index contributed by atoms with van der Waals surface area (Å²) in [6.45, 7) is 0. The summed E-state index contributed by atoms with van der Waals surface area (Å²) in [7, 11) is 0.